The molecule has 4 nitrogen and oxygen atoms in total. The lowest BCUT2D eigenvalue weighted by Crippen LogP contribution is -2.17. The van der Waals surface area contributed by atoms with Crippen molar-refractivity contribution in [1.29, 1.82) is 0 Å². The first kappa shape index (κ1) is 21.1. The van der Waals surface area contributed by atoms with Crippen LogP contribution in [0, 0.1) is 6.92 Å². The number of nitrogens with zero attached hydrogens (tertiary/aromatic N) is 2. The van der Waals surface area contributed by atoms with Crippen molar-refractivity contribution in [3.05, 3.63) is 88.7 Å². The van der Waals surface area contributed by atoms with Crippen molar-refractivity contribution in [2.45, 2.75) is 18.4 Å². The third kappa shape index (κ3) is 4.13. The Labute approximate surface area is 200 Å². The molecule has 160 valence electrons. The van der Waals surface area contributed by atoms with E-state index in [0.717, 1.165) is 48.3 Å². The van der Waals surface area contributed by atoms with E-state index >= 15 is 0 Å². The molecule has 1 aliphatic heterocycles. The average molecular weight is 478 g/mol. The van der Waals surface area contributed by atoms with Crippen LogP contribution < -0.4 is 4.72 Å². The maximum absolute atomic E-state index is 12.1. The van der Waals surface area contributed by atoms with Crippen LogP contribution >= 0.6 is 34.9 Å². The van der Waals surface area contributed by atoms with Crippen LogP contribution in [0.15, 0.2) is 71.9 Å². The van der Waals surface area contributed by atoms with Gasteiger partial charge in [0.05, 0.1) is 11.9 Å². The number of carbonyl (C=O) groups excluding carboxylic acids is 1. The molecule has 7 heteroatoms. The SMILES string of the molecule is Cc1ccc(SNc2cncc(-c3ccc(-c4ccc5c(c4)CN(C)C5=O)s3)c2)cc1Cl. The predicted octanol–water partition coefficient (Wildman–Crippen LogP) is 7.14. The molecule has 2 aromatic heterocycles. The molecule has 4 aromatic rings. The molecule has 0 radical (unpaired) electrons. The van der Waals surface area contributed by atoms with Gasteiger partial charge in [0.15, 0.2) is 0 Å². The number of aromatic nitrogens is 1. The number of thiophene rings is 1. The van der Waals surface area contributed by atoms with Gasteiger partial charge in [-0.2, -0.15) is 0 Å². The summed E-state index contributed by atoms with van der Waals surface area (Å²) in [5.74, 6) is 0.0968. The predicted molar refractivity (Wildman–Crippen MR) is 134 cm³/mol. The van der Waals surface area contributed by atoms with Crippen LogP contribution in [0.2, 0.25) is 5.02 Å². The molecule has 0 bridgehead atoms. The summed E-state index contributed by atoms with van der Waals surface area (Å²) in [5, 5.41) is 0.761. The highest BCUT2D eigenvalue weighted by Gasteiger charge is 2.24. The van der Waals surface area contributed by atoms with Gasteiger partial charge in [-0.1, -0.05) is 23.7 Å². The molecule has 0 aliphatic carbocycles. The van der Waals surface area contributed by atoms with Crippen molar-refractivity contribution < 1.29 is 4.79 Å². The highest BCUT2D eigenvalue weighted by atomic mass is 35.5. The van der Waals surface area contributed by atoms with Crippen LogP contribution in [0.1, 0.15) is 21.5 Å². The second-order valence-corrected chi connectivity index (χ2v) is 10.1. The third-order valence-electron chi connectivity index (χ3n) is 5.43. The number of aryl methyl sites for hydroxylation is 1. The van der Waals surface area contributed by atoms with Crippen LogP contribution in [-0.2, 0) is 6.54 Å². The van der Waals surface area contributed by atoms with Crippen LogP contribution in [-0.4, -0.2) is 22.8 Å². The number of nitrogens with one attached hydrogen (secondary N) is 1. The van der Waals surface area contributed by atoms with Gasteiger partial charge < -0.3 is 9.62 Å². The van der Waals surface area contributed by atoms with Crippen LogP contribution in [0.25, 0.3) is 20.9 Å². The fourth-order valence-corrected chi connectivity index (χ4v) is 5.54. The van der Waals surface area contributed by atoms with Gasteiger partial charge in [-0.15, -0.1) is 11.3 Å². The number of halogens is 1. The summed E-state index contributed by atoms with van der Waals surface area (Å²) in [7, 11) is 1.84. The number of benzene rings is 2. The van der Waals surface area contributed by atoms with E-state index in [1.54, 1.807) is 16.2 Å². The number of hydrogen-bond acceptors (Lipinski definition) is 5. The monoisotopic (exact) mass is 477 g/mol. The Bertz CT molecular complexity index is 1330. The minimum Gasteiger partial charge on any atom is -0.337 e. The standard InChI is InChI=1S/C25H20ClN3OS2/c1-15-3-5-20(11-22(15)26)32-28-19-10-17(12-27-13-19)24-8-7-23(31-24)16-4-6-21-18(9-16)14-29(2)25(21)30/h3-13,28H,14H2,1-2H3. The van der Waals surface area contributed by atoms with Crippen molar-refractivity contribution in [2.24, 2.45) is 0 Å². The molecule has 2 aromatic carbocycles. The van der Waals surface area contributed by atoms with E-state index in [0.29, 0.717) is 6.54 Å². The summed E-state index contributed by atoms with van der Waals surface area (Å²) in [6.07, 6.45) is 3.69. The van der Waals surface area contributed by atoms with E-state index in [1.165, 1.54) is 16.8 Å². The Hall–Kier alpha value is -2.80. The molecule has 3 heterocycles. The first-order valence-electron chi connectivity index (χ1n) is 10.1. The number of anilines is 1. The topological polar surface area (TPSA) is 45.2 Å². The summed E-state index contributed by atoms with van der Waals surface area (Å²) < 4.78 is 3.36. The van der Waals surface area contributed by atoms with Gasteiger partial charge in [0.25, 0.3) is 5.91 Å². The third-order valence-corrected chi connectivity index (χ3v) is 7.85. The molecule has 0 unspecified atom stereocenters. The number of pyridine rings is 1. The largest absolute Gasteiger partial charge is 0.337 e. The smallest absolute Gasteiger partial charge is 0.254 e. The number of hydrogen-bond donors (Lipinski definition) is 1. The summed E-state index contributed by atoms with van der Waals surface area (Å²) in [4.78, 5) is 21.7. The first-order chi connectivity index (χ1) is 15.5. The summed E-state index contributed by atoms with van der Waals surface area (Å²) >= 11 is 9.46. The van der Waals surface area contributed by atoms with Crippen LogP contribution in [0.3, 0.4) is 0 Å². The molecule has 1 aliphatic rings. The van der Waals surface area contributed by atoms with Crippen LogP contribution in [0.4, 0.5) is 5.69 Å². The Morgan fingerprint density at radius 3 is 2.66 bits per heavy atom. The highest BCUT2D eigenvalue weighted by molar-refractivity contribution is 8.00. The zero-order valence-electron chi connectivity index (χ0n) is 17.6. The van der Waals surface area contributed by atoms with E-state index in [-0.39, 0.29) is 5.91 Å². The van der Waals surface area contributed by atoms with Crippen molar-refractivity contribution in [3.63, 3.8) is 0 Å². The minimum absolute atomic E-state index is 0.0968. The Balaban J connectivity index is 1.34. The summed E-state index contributed by atoms with van der Waals surface area (Å²) in [6.45, 7) is 2.66. The highest BCUT2D eigenvalue weighted by Crippen LogP contribution is 2.37. The van der Waals surface area contributed by atoms with Gasteiger partial charge in [-0.3, -0.25) is 9.78 Å². The lowest BCUT2D eigenvalue weighted by molar-refractivity contribution is 0.0816. The first-order valence-corrected chi connectivity index (χ1v) is 12.1. The van der Waals surface area contributed by atoms with Crippen molar-refractivity contribution in [1.82, 2.24) is 9.88 Å². The van der Waals surface area contributed by atoms with Gasteiger partial charge in [-0.25, -0.2) is 0 Å². The molecule has 0 fully saturated rings. The van der Waals surface area contributed by atoms with Crippen LogP contribution in [0.5, 0.6) is 0 Å². The van der Waals surface area contributed by atoms with Gasteiger partial charge in [-0.05, 0) is 78.0 Å². The maximum atomic E-state index is 12.1. The molecule has 0 atom stereocenters. The molecular formula is C25H20ClN3OS2. The van der Waals surface area contributed by atoms with Gasteiger partial charge in [0.2, 0.25) is 0 Å². The lowest BCUT2D eigenvalue weighted by atomic mass is 10.1. The van der Waals surface area contributed by atoms with Crippen molar-refractivity contribution >= 4 is 46.5 Å². The van der Waals surface area contributed by atoms with E-state index in [2.05, 4.69) is 34.0 Å². The quantitative estimate of drug-likeness (QED) is 0.310. The zero-order chi connectivity index (χ0) is 22.2. The molecule has 0 spiro atoms. The molecule has 1 amide bonds. The lowest BCUT2D eigenvalue weighted by Gasteiger charge is -2.07. The maximum Gasteiger partial charge on any atom is 0.254 e. The molecule has 0 saturated heterocycles. The number of fused-ring (bicyclic) bond motifs is 1. The Kier molecular flexibility index (Phi) is 5.67. The number of carbonyl (C=O) groups is 1. The summed E-state index contributed by atoms with van der Waals surface area (Å²) in [6, 6.07) is 18.5. The number of amides is 1. The second-order valence-electron chi connectivity index (χ2n) is 7.77. The Morgan fingerprint density at radius 2 is 1.84 bits per heavy atom. The molecule has 32 heavy (non-hydrogen) atoms. The fourth-order valence-electron chi connectivity index (χ4n) is 3.65. The molecule has 5 rings (SSSR count). The van der Waals surface area contributed by atoms with Crippen molar-refractivity contribution in [3.8, 4) is 20.9 Å². The van der Waals surface area contributed by atoms with E-state index < -0.39 is 0 Å². The molecule has 0 saturated carbocycles. The fraction of sp³-hybridized carbons (Fsp3) is 0.120. The van der Waals surface area contributed by atoms with Gasteiger partial charge >= 0.3 is 0 Å². The van der Waals surface area contributed by atoms with Gasteiger partial charge in [0, 0.05) is 50.6 Å². The Morgan fingerprint density at radius 1 is 1.03 bits per heavy atom. The summed E-state index contributed by atoms with van der Waals surface area (Å²) in [5.41, 5.74) is 6.09. The average Bonchev–Trinajstić information content (AvgIpc) is 3.40. The van der Waals surface area contributed by atoms with E-state index in [1.807, 2.05) is 56.7 Å². The zero-order valence-corrected chi connectivity index (χ0v) is 19.9. The normalized spacial score (nSPS) is 12.8. The second kappa shape index (κ2) is 8.62. The molecular weight excluding hydrogens is 458 g/mol. The van der Waals surface area contributed by atoms with Crippen molar-refractivity contribution in [2.75, 3.05) is 11.8 Å². The van der Waals surface area contributed by atoms with E-state index in [9.17, 15) is 4.79 Å². The van der Waals surface area contributed by atoms with E-state index in [4.69, 9.17) is 11.6 Å². The minimum atomic E-state index is 0.0968. The number of rotatable bonds is 5. The van der Waals surface area contributed by atoms with Gasteiger partial charge in [0.1, 0.15) is 0 Å². The molecule has 1 N–H and O–H groups in total.